The number of rotatable bonds is 3. The largest absolute Gasteiger partial charge is 0.354 e. The fourth-order valence-corrected chi connectivity index (χ4v) is 4.24. The van der Waals surface area contributed by atoms with Crippen LogP contribution in [0, 0.1) is 0 Å². The SMILES string of the molecule is CN1CCN(c2nc(-c3ccccc3)nc3c2CN(C(=O)c2cccnc2)CC3)CC1. The van der Waals surface area contributed by atoms with Gasteiger partial charge in [0.2, 0.25) is 0 Å². The lowest BCUT2D eigenvalue weighted by Gasteiger charge is -2.37. The number of piperazine rings is 1. The van der Waals surface area contributed by atoms with Crippen molar-refractivity contribution in [3.8, 4) is 11.4 Å². The fraction of sp³-hybridized carbons (Fsp3) is 0.333. The maximum Gasteiger partial charge on any atom is 0.255 e. The molecule has 3 aromatic rings. The normalized spacial score (nSPS) is 16.8. The van der Waals surface area contributed by atoms with Crippen molar-refractivity contribution in [1.29, 1.82) is 0 Å². The van der Waals surface area contributed by atoms with E-state index in [1.54, 1.807) is 18.5 Å². The minimum Gasteiger partial charge on any atom is -0.354 e. The number of nitrogens with zero attached hydrogens (tertiary/aromatic N) is 6. The van der Waals surface area contributed by atoms with Crippen LogP contribution in [-0.4, -0.2) is 70.4 Å². The van der Waals surface area contributed by atoms with Gasteiger partial charge in [0, 0.05) is 62.7 Å². The van der Waals surface area contributed by atoms with Gasteiger partial charge in [-0.1, -0.05) is 30.3 Å². The Morgan fingerprint density at radius 2 is 1.74 bits per heavy atom. The van der Waals surface area contributed by atoms with Crippen molar-refractivity contribution >= 4 is 11.7 Å². The van der Waals surface area contributed by atoms with Crippen LogP contribution in [0.5, 0.6) is 0 Å². The van der Waals surface area contributed by atoms with E-state index in [4.69, 9.17) is 9.97 Å². The zero-order chi connectivity index (χ0) is 21.2. The number of benzene rings is 1. The second-order valence-corrected chi connectivity index (χ2v) is 8.17. The third-order valence-corrected chi connectivity index (χ3v) is 6.07. The highest BCUT2D eigenvalue weighted by Crippen LogP contribution is 2.30. The molecule has 7 heteroatoms. The maximum atomic E-state index is 13.1. The van der Waals surface area contributed by atoms with Gasteiger partial charge in [0.25, 0.3) is 5.91 Å². The Balaban J connectivity index is 1.52. The maximum absolute atomic E-state index is 13.1. The molecule has 7 nitrogen and oxygen atoms in total. The molecule has 0 atom stereocenters. The number of hydrogen-bond acceptors (Lipinski definition) is 6. The Morgan fingerprint density at radius 3 is 2.48 bits per heavy atom. The molecule has 1 saturated heterocycles. The fourth-order valence-electron chi connectivity index (χ4n) is 4.24. The average Bonchev–Trinajstić information content (AvgIpc) is 2.84. The number of pyridine rings is 1. The monoisotopic (exact) mass is 414 g/mol. The molecule has 2 aliphatic rings. The highest BCUT2D eigenvalue weighted by atomic mass is 16.2. The van der Waals surface area contributed by atoms with Crippen molar-refractivity contribution in [1.82, 2.24) is 24.8 Å². The molecule has 2 aliphatic heterocycles. The van der Waals surface area contributed by atoms with Crippen molar-refractivity contribution in [3.05, 3.63) is 71.7 Å². The molecule has 31 heavy (non-hydrogen) atoms. The molecule has 1 aromatic carbocycles. The Hall–Kier alpha value is -3.32. The summed E-state index contributed by atoms with van der Waals surface area (Å²) in [6.45, 7) is 5.01. The van der Waals surface area contributed by atoms with E-state index in [2.05, 4.69) is 34.0 Å². The molecule has 2 aromatic heterocycles. The molecule has 0 bridgehead atoms. The predicted molar refractivity (Wildman–Crippen MR) is 120 cm³/mol. The number of carbonyl (C=O) groups is 1. The van der Waals surface area contributed by atoms with E-state index in [0.717, 1.165) is 61.1 Å². The number of likely N-dealkylation sites (N-methyl/N-ethyl adjacent to an activating group) is 1. The third-order valence-electron chi connectivity index (χ3n) is 6.07. The van der Waals surface area contributed by atoms with Gasteiger partial charge in [-0.05, 0) is 19.2 Å². The van der Waals surface area contributed by atoms with Crippen LogP contribution in [0.15, 0.2) is 54.9 Å². The average molecular weight is 415 g/mol. The van der Waals surface area contributed by atoms with Gasteiger partial charge >= 0.3 is 0 Å². The van der Waals surface area contributed by atoms with Crippen LogP contribution >= 0.6 is 0 Å². The van der Waals surface area contributed by atoms with Crippen molar-refractivity contribution in [2.75, 3.05) is 44.7 Å². The predicted octanol–water partition coefficient (Wildman–Crippen LogP) is 2.49. The molecule has 5 rings (SSSR count). The summed E-state index contributed by atoms with van der Waals surface area (Å²) in [5.74, 6) is 1.75. The van der Waals surface area contributed by atoms with Gasteiger partial charge in [0.05, 0.1) is 17.8 Å². The summed E-state index contributed by atoms with van der Waals surface area (Å²) in [6.07, 6.45) is 4.05. The van der Waals surface area contributed by atoms with E-state index in [-0.39, 0.29) is 5.91 Å². The van der Waals surface area contributed by atoms with Gasteiger partial charge in [0.15, 0.2) is 5.82 Å². The third kappa shape index (κ3) is 4.01. The van der Waals surface area contributed by atoms with E-state index >= 15 is 0 Å². The van der Waals surface area contributed by atoms with Crippen molar-refractivity contribution in [2.24, 2.45) is 0 Å². The van der Waals surface area contributed by atoms with Crippen molar-refractivity contribution < 1.29 is 4.79 Å². The summed E-state index contributed by atoms with van der Waals surface area (Å²) in [6, 6.07) is 13.8. The lowest BCUT2D eigenvalue weighted by molar-refractivity contribution is 0.0733. The van der Waals surface area contributed by atoms with E-state index in [9.17, 15) is 4.79 Å². The zero-order valence-electron chi connectivity index (χ0n) is 17.7. The highest BCUT2D eigenvalue weighted by molar-refractivity contribution is 5.94. The second kappa shape index (κ2) is 8.43. The van der Waals surface area contributed by atoms with E-state index in [0.29, 0.717) is 18.7 Å². The Morgan fingerprint density at radius 1 is 0.935 bits per heavy atom. The molecule has 0 radical (unpaired) electrons. The molecule has 0 N–H and O–H groups in total. The summed E-state index contributed by atoms with van der Waals surface area (Å²) >= 11 is 0. The molecule has 0 aliphatic carbocycles. The molecule has 0 saturated carbocycles. The van der Waals surface area contributed by atoms with Gasteiger partial charge < -0.3 is 14.7 Å². The number of fused-ring (bicyclic) bond motifs is 1. The molecule has 0 spiro atoms. The molecular formula is C24H26N6O. The van der Waals surface area contributed by atoms with E-state index in [1.807, 2.05) is 29.2 Å². The van der Waals surface area contributed by atoms with Crippen LogP contribution < -0.4 is 4.90 Å². The first kappa shape index (κ1) is 19.6. The first-order chi connectivity index (χ1) is 15.2. The lowest BCUT2D eigenvalue weighted by Crippen LogP contribution is -2.46. The van der Waals surface area contributed by atoms with Gasteiger partial charge in [-0.3, -0.25) is 9.78 Å². The lowest BCUT2D eigenvalue weighted by atomic mass is 10.0. The molecule has 158 valence electrons. The number of carbonyl (C=O) groups excluding carboxylic acids is 1. The van der Waals surface area contributed by atoms with Gasteiger partial charge in [0.1, 0.15) is 5.82 Å². The molecule has 0 unspecified atom stereocenters. The van der Waals surface area contributed by atoms with Crippen LogP contribution in [0.25, 0.3) is 11.4 Å². The number of anilines is 1. The second-order valence-electron chi connectivity index (χ2n) is 8.17. The van der Waals surface area contributed by atoms with Crippen molar-refractivity contribution in [2.45, 2.75) is 13.0 Å². The summed E-state index contributed by atoms with van der Waals surface area (Å²) in [7, 11) is 2.15. The highest BCUT2D eigenvalue weighted by Gasteiger charge is 2.29. The quantitative estimate of drug-likeness (QED) is 0.656. The zero-order valence-corrected chi connectivity index (χ0v) is 17.7. The standard InChI is InChI=1S/C24H26N6O/c1-28-12-14-29(15-13-28)23-20-17-30(24(31)19-8-5-10-25-16-19)11-9-21(20)26-22(27-23)18-6-3-2-4-7-18/h2-8,10,16H,9,11-15,17H2,1H3. The number of aromatic nitrogens is 3. The summed E-state index contributed by atoms with van der Waals surface area (Å²) < 4.78 is 0. The Labute approximate surface area is 182 Å². The molecule has 1 amide bonds. The summed E-state index contributed by atoms with van der Waals surface area (Å²) in [5.41, 5.74) is 3.77. The minimum atomic E-state index is 0.00946. The van der Waals surface area contributed by atoms with Gasteiger partial charge in [-0.2, -0.15) is 0 Å². The van der Waals surface area contributed by atoms with Crippen LogP contribution in [-0.2, 0) is 13.0 Å². The van der Waals surface area contributed by atoms with Crippen LogP contribution in [0.1, 0.15) is 21.6 Å². The minimum absolute atomic E-state index is 0.00946. The summed E-state index contributed by atoms with van der Waals surface area (Å²) in [5, 5.41) is 0. The van der Waals surface area contributed by atoms with E-state index in [1.165, 1.54) is 0 Å². The van der Waals surface area contributed by atoms with Crippen LogP contribution in [0.4, 0.5) is 5.82 Å². The number of amides is 1. The van der Waals surface area contributed by atoms with Gasteiger partial charge in [-0.15, -0.1) is 0 Å². The first-order valence-electron chi connectivity index (χ1n) is 10.8. The Bertz CT molecular complexity index is 1060. The van der Waals surface area contributed by atoms with E-state index < -0.39 is 0 Å². The van der Waals surface area contributed by atoms with Gasteiger partial charge in [-0.25, -0.2) is 9.97 Å². The molecule has 1 fully saturated rings. The van der Waals surface area contributed by atoms with Crippen LogP contribution in [0.3, 0.4) is 0 Å². The number of hydrogen-bond donors (Lipinski definition) is 0. The first-order valence-corrected chi connectivity index (χ1v) is 10.8. The van der Waals surface area contributed by atoms with Crippen molar-refractivity contribution in [3.63, 3.8) is 0 Å². The van der Waals surface area contributed by atoms with Crippen LogP contribution in [0.2, 0.25) is 0 Å². The molecular weight excluding hydrogens is 388 g/mol. The smallest absolute Gasteiger partial charge is 0.255 e. The summed E-state index contributed by atoms with van der Waals surface area (Å²) in [4.78, 5) is 33.7. The topological polar surface area (TPSA) is 65.5 Å². The Kier molecular flexibility index (Phi) is 5.34. The molecule has 4 heterocycles.